The highest BCUT2D eigenvalue weighted by molar-refractivity contribution is 7.82. The molecule has 2 heterocycles. The molecule has 4 rings (SSSR count). The van der Waals surface area contributed by atoms with E-state index in [4.69, 9.17) is 24.4 Å². The van der Waals surface area contributed by atoms with E-state index in [9.17, 15) is 0 Å². The first kappa shape index (κ1) is 16.7. The Kier molecular flexibility index (Phi) is 4.13. The van der Waals surface area contributed by atoms with Gasteiger partial charge in [0.25, 0.3) is 0 Å². The fourth-order valence-electron chi connectivity index (χ4n) is 4.32. The van der Waals surface area contributed by atoms with E-state index in [0.717, 1.165) is 35.9 Å². The molecule has 2 aromatic rings. The number of thiocarbonyl (C=S) groups is 2. The maximum absolute atomic E-state index is 6.05. The predicted octanol–water partition coefficient (Wildman–Crippen LogP) is 4.79. The monoisotopic (exact) mass is 366 g/mol. The summed E-state index contributed by atoms with van der Waals surface area (Å²) in [5.41, 5.74) is 4.89. The van der Waals surface area contributed by atoms with Crippen molar-refractivity contribution in [3.63, 3.8) is 0 Å². The number of rotatable bonds is 2. The second kappa shape index (κ2) is 6.19. The molecule has 0 amide bonds. The van der Waals surface area contributed by atoms with Gasteiger partial charge < -0.3 is 9.80 Å². The van der Waals surface area contributed by atoms with Gasteiger partial charge >= 0.3 is 0 Å². The molecule has 0 saturated carbocycles. The van der Waals surface area contributed by atoms with Crippen LogP contribution in [-0.4, -0.2) is 23.1 Å². The third-order valence-electron chi connectivity index (χ3n) is 5.49. The van der Waals surface area contributed by atoms with Gasteiger partial charge in [-0.1, -0.05) is 60.8 Å². The highest BCUT2D eigenvalue weighted by Crippen LogP contribution is 2.47. The molecule has 0 bridgehead atoms. The molecule has 2 aliphatic heterocycles. The molecule has 25 heavy (non-hydrogen) atoms. The van der Waals surface area contributed by atoms with Gasteiger partial charge in [0.05, 0.1) is 15.4 Å². The smallest absolute Gasteiger partial charge is 0.0961 e. The van der Waals surface area contributed by atoms with E-state index < -0.39 is 0 Å². The van der Waals surface area contributed by atoms with Crippen molar-refractivity contribution >= 4 is 45.8 Å². The van der Waals surface area contributed by atoms with Gasteiger partial charge in [-0.2, -0.15) is 0 Å². The van der Waals surface area contributed by atoms with Gasteiger partial charge in [0.15, 0.2) is 0 Å². The highest BCUT2D eigenvalue weighted by Gasteiger charge is 2.50. The van der Waals surface area contributed by atoms with Crippen LogP contribution in [0.5, 0.6) is 0 Å². The van der Waals surface area contributed by atoms with Crippen LogP contribution in [0.4, 0.5) is 11.4 Å². The Hall–Kier alpha value is -1.78. The molecular formula is C21H22N2S2. The van der Waals surface area contributed by atoms with E-state index in [1.54, 1.807) is 0 Å². The standard InChI is InChI=1S/C21H22N2S2/c1-3-22-17-11-7-5-9-15(17)13-21(19(22)24)14-16-10-6-8-12-18(16)23(4-2)20(21)25/h5-12H,3-4,13-14H2,1-2H3. The van der Waals surface area contributed by atoms with Gasteiger partial charge in [0.2, 0.25) is 0 Å². The van der Waals surface area contributed by atoms with Crippen molar-refractivity contribution in [2.45, 2.75) is 26.7 Å². The number of benzene rings is 2. The summed E-state index contributed by atoms with van der Waals surface area (Å²) in [7, 11) is 0. The summed E-state index contributed by atoms with van der Waals surface area (Å²) in [5, 5.41) is 0. The molecule has 2 aliphatic rings. The maximum atomic E-state index is 6.05. The van der Waals surface area contributed by atoms with Crippen LogP contribution in [0.2, 0.25) is 0 Å². The zero-order valence-corrected chi connectivity index (χ0v) is 16.3. The third-order valence-corrected chi connectivity index (χ3v) is 6.71. The van der Waals surface area contributed by atoms with E-state index >= 15 is 0 Å². The minimum absolute atomic E-state index is 0.278. The van der Waals surface area contributed by atoms with E-state index in [-0.39, 0.29) is 5.41 Å². The van der Waals surface area contributed by atoms with Crippen molar-refractivity contribution in [1.82, 2.24) is 0 Å². The molecule has 2 nitrogen and oxygen atoms in total. The second-order valence-corrected chi connectivity index (χ2v) is 7.57. The average molecular weight is 367 g/mol. The van der Waals surface area contributed by atoms with Crippen LogP contribution in [-0.2, 0) is 12.8 Å². The van der Waals surface area contributed by atoms with Crippen LogP contribution < -0.4 is 9.80 Å². The second-order valence-electron chi connectivity index (χ2n) is 6.79. The first-order valence-electron chi connectivity index (χ1n) is 8.92. The molecule has 2 aromatic carbocycles. The molecule has 0 fully saturated rings. The number of hydrogen-bond donors (Lipinski definition) is 0. The molecular weight excluding hydrogens is 344 g/mol. The van der Waals surface area contributed by atoms with E-state index in [1.165, 1.54) is 22.5 Å². The van der Waals surface area contributed by atoms with Crippen molar-refractivity contribution in [3.8, 4) is 0 Å². The Bertz CT molecular complexity index is 787. The summed E-state index contributed by atoms with van der Waals surface area (Å²) in [6.07, 6.45) is 1.78. The van der Waals surface area contributed by atoms with E-state index in [0.29, 0.717) is 0 Å². The summed E-state index contributed by atoms with van der Waals surface area (Å²) >= 11 is 12.1. The number of nitrogens with zero attached hydrogens (tertiary/aromatic N) is 2. The molecule has 0 aromatic heterocycles. The Labute approximate surface area is 160 Å². The zero-order chi connectivity index (χ0) is 17.6. The van der Waals surface area contributed by atoms with Crippen molar-refractivity contribution in [2.75, 3.05) is 22.9 Å². The van der Waals surface area contributed by atoms with Crippen LogP contribution in [0.3, 0.4) is 0 Å². The average Bonchev–Trinajstić information content (AvgIpc) is 2.64. The first-order valence-corrected chi connectivity index (χ1v) is 9.73. The van der Waals surface area contributed by atoms with Crippen molar-refractivity contribution in [1.29, 1.82) is 0 Å². The zero-order valence-electron chi connectivity index (χ0n) is 14.7. The molecule has 1 spiro atoms. The van der Waals surface area contributed by atoms with Crippen molar-refractivity contribution < 1.29 is 0 Å². The molecule has 0 radical (unpaired) electrons. The first-order chi connectivity index (χ1) is 12.1. The lowest BCUT2D eigenvalue weighted by Crippen LogP contribution is -2.59. The number of fused-ring (bicyclic) bond motifs is 2. The SMILES string of the molecule is CCN1C(=S)C2(Cc3ccccc31)Cc1ccccc1N(CC)C2=S. The maximum Gasteiger partial charge on any atom is 0.0961 e. The molecule has 128 valence electrons. The summed E-state index contributed by atoms with van der Waals surface area (Å²) in [4.78, 5) is 6.52. The topological polar surface area (TPSA) is 6.48 Å². The minimum atomic E-state index is -0.278. The van der Waals surface area contributed by atoms with Crippen LogP contribution in [0.15, 0.2) is 48.5 Å². The highest BCUT2D eigenvalue weighted by atomic mass is 32.1. The Balaban J connectivity index is 1.90. The quantitative estimate of drug-likeness (QED) is 0.705. The van der Waals surface area contributed by atoms with Gasteiger partial charge in [-0.05, 0) is 49.9 Å². The number of para-hydroxylation sites is 2. The Morgan fingerprint density at radius 3 is 1.56 bits per heavy atom. The van der Waals surface area contributed by atoms with Gasteiger partial charge in [0.1, 0.15) is 0 Å². The largest absolute Gasteiger partial charge is 0.335 e. The van der Waals surface area contributed by atoms with Gasteiger partial charge in [-0.15, -0.1) is 0 Å². The van der Waals surface area contributed by atoms with Gasteiger partial charge in [-0.3, -0.25) is 0 Å². The van der Waals surface area contributed by atoms with Crippen LogP contribution >= 0.6 is 24.4 Å². The van der Waals surface area contributed by atoms with Crippen molar-refractivity contribution in [3.05, 3.63) is 59.7 Å². The van der Waals surface area contributed by atoms with Crippen molar-refractivity contribution in [2.24, 2.45) is 5.41 Å². The lowest BCUT2D eigenvalue weighted by molar-refractivity contribution is 0.539. The summed E-state index contributed by atoms with van der Waals surface area (Å²) < 4.78 is 0. The fraction of sp³-hybridized carbons (Fsp3) is 0.333. The van der Waals surface area contributed by atoms with Gasteiger partial charge in [-0.25, -0.2) is 0 Å². The summed E-state index contributed by atoms with van der Waals surface area (Å²) in [6.45, 7) is 6.07. The van der Waals surface area contributed by atoms with Crippen LogP contribution in [0.25, 0.3) is 0 Å². The normalized spacial score (nSPS) is 18.3. The Morgan fingerprint density at radius 2 is 1.16 bits per heavy atom. The Morgan fingerprint density at radius 1 is 0.760 bits per heavy atom. The fourth-order valence-corrected chi connectivity index (χ4v) is 5.32. The molecule has 0 N–H and O–H groups in total. The molecule has 0 unspecified atom stereocenters. The van der Waals surface area contributed by atoms with Crippen LogP contribution in [0, 0.1) is 5.41 Å². The van der Waals surface area contributed by atoms with Gasteiger partial charge in [0, 0.05) is 24.5 Å². The molecule has 0 aliphatic carbocycles. The number of hydrogen-bond acceptors (Lipinski definition) is 2. The number of anilines is 2. The molecule has 4 heteroatoms. The van der Waals surface area contributed by atoms with Crippen LogP contribution in [0.1, 0.15) is 25.0 Å². The summed E-state index contributed by atoms with van der Waals surface area (Å²) in [5.74, 6) is 0. The van der Waals surface area contributed by atoms with E-state index in [1.807, 2.05) is 0 Å². The summed E-state index contributed by atoms with van der Waals surface area (Å²) in [6, 6.07) is 17.2. The minimum Gasteiger partial charge on any atom is -0.335 e. The predicted molar refractivity (Wildman–Crippen MR) is 114 cm³/mol. The van der Waals surface area contributed by atoms with E-state index in [2.05, 4.69) is 72.2 Å². The lowest BCUT2D eigenvalue weighted by atomic mass is 9.70. The lowest BCUT2D eigenvalue weighted by Gasteiger charge is -2.50. The molecule has 0 saturated heterocycles. The third kappa shape index (κ3) is 2.35. The molecule has 0 atom stereocenters.